The van der Waals surface area contributed by atoms with Gasteiger partial charge in [0.15, 0.2) is 5.75 Å². The van der Waals surface area contributed by atoms with E-state index in [4.69, 9.17) is 27.9 Å². The third-order valence-electron chi connectivity index (χ3n) is 2.19. The number of ether oxygens (including phenoxy) is 1. The molecule has 0 spiro atoms. The predicted molar refractivity (Wildman–Crippen MR) is 79.5 cm³/mol. The SMILES string of the molecule is O=[N+]([O-])c1cc(Cl)c(Cl)cc1OCc1cc(Br)cs1. The van der Waals surface area contributed by atoms with E-state index in [0.29, 0.717) is 0 Å². The highest BCUT2D eigenvalue weighted by molar-refractivity contribution is 9.10. The molecule has 1 heterocycles. The van der Waals surface area contributed by atoms with Gasteiger partial charge in [-0.2, -0.15) is 0 Å². The molecular weight excluding hydrogens is 377 g/mol. The molecule has 0 bridgehead atoms. The Labute approximate surface area is 131 Å². The van der Waals surface area contributed by atoms with Crippen LogP contribution in [0.15, 0.2) is 28.1 Å². The molecule has 0 N–H and O–H groups in total. The second-order valence-electron chi connectivity index (χ2n) is 3.51. The van der Waals surface area contributed by atoms with Crippen molar-refractivity contribution in [1.82, 2.24) is 0 Å². The van der Waals surface area contributed by atoms with Gasteiger partial charge in [0.2, 0.25) is 0 Å². The first-order valence-corrected chi connectivity index (χ1v) is 7.39. The van der Waals surface area contributed by atoms with Crippen LogP contribution in [0, 0.1) is 10.1 Å². The molecule has 2 rings (SSSR count). The average molecular weight is 383 g/mol. The number of rotatable bonds is 4. The van der Waals surface area contributed by atoms with Crippen molar-refractivity contribution >= 4 is 56.2 Å². The summed E-state index contributed by atoms with van der Waals surface area (Å²) in [5.74, 6) is 0.101. The second kappa shape index (κ2) is 6.09. The minimum absolute atomic E-state index is 0.101. The average Bonchev–Trinajstić information content (AvgIpc) is 2.76. The third-order valence-corrected chi connectivity index (χ3v) is 4.58. The highest BCUT2D eigenvalue weighted by Gasteiger charge is 2.18. The molecule has 8 heteroatoms. The Morgan fingerprint density at radius 3 is 2.58 bits per heavy atom. The predicted octanol–water partition coefficient (Wildman–Crippen LogP) is 5.30. The summed E-state index contributed by atoms with van der Waals surface area (Å²) in [6, 6.07) is 4.42. The molecule has 1 aromatic heterocycles. The lowest BCUT2D eigenvalue weighted by Crippen LogP contribution is -1.98. The minimum atomic E-state index is -0.554. The van der Waals surface area contributed by atoms with Gasteiger partial charge in [0.25, 0.3) is 0 Å². The molecule has 19 heavy (non-hydrogen) atoms. The summed E-state index contributed by atoms with van der Waals surface area (Å²) < 4.78 is 6.38. The van der Waals surface area contributed by atoms with Gasteiger partial charge in [-0.05, 0) is 22.0 Å². The molecule has 0 radical (unpaired) electrons. The van der Waals surface area contributed by atoms with Crippen molar-refractivity contribution in [2.45, 2.75) is 6.61 Å². The van der Waals surface area contributed by atoms with Crippen molar-refractivity contribution in [3.8, 4) is 5.75 Å². The van der Waals surface area contributed by atoms with Gasteiger partial charge >= 0.3 is 5.69 Å². The van der Waals surface area contributed by atoms with Crippen molar-refractivity contribution in [1.29, 1.82) is 0 Å². The standard InChI is InChI=1S/C11H6BrCl2NO3S/c12-6-1-7(19-5-6)4-18-11-3-9(14)8(13)2-10(11)15(16)17/h1-3,5H,4H2. The topological polar surface area (TPSA) is 52.4 Å². The molecule has 0 atom stereocenters. The van der Waals surface area contributed by atoms with Crippen LogP contribution in [-0.2, 0) is 6.61 Å². The Morgan fingerprint density at radius 1 is 1.32 bits per heavy atom. The van der Waals surface area contributed by atoms with Crippen LogP contribution in [0.3, 0.4) is 0 Å². The van der Waals surface area contributed by atoms with Gasteiger partial charge in [0.1, 0.15) is 6.61 Å². The van der Waals surface area contributed by atoms with Gasteiger partial charge in [-0.25, -0.2) is 0 Å². The highest BCUT2D eigenvalue weighted by Crippen LogP contribution is 2.36. The van der Waals surface area contributed by atoms with Crippen LogP contribution >= 0.6 is 50.5 Å². The maximum Gasteiger partial charge on any atom is 0.312 e. The summed E-state index contributed by atoms with van der Waals surface area (Å²) in [5.41, 5.74) is -0.204. The first-order chi connectivity index (χ1) is 8.97. The van der Waals surface area contributed by atoms with Crippen LogP contribution in [0.1, 0.15) is 4.88 Å². The van der Waals surface area contributed by atoms with Crippen LogP contribution in [-0.4, -0.2) is 4.92 Å². The number of nitrogens with zero attached hydrogens (tertiary/aromatic N) is 1. The van der Waals surface area contributed by atoms with E-state index in [9.17, 15) is 10.1 Å². The fraction of sp³-hybridized carbons (Fsp3) is 0.0909. The fourth-order valence-corrected chi connectivity index (χ4v) is 3.03. The fourth-order valence-electron chi connectivity index (χ4n) is 1.35. The number of nitro groups is 1. The summed E-state index contributed by atoms with van der Waals surface area (Å²) in [5, 5.41) is 13.2. The molecule has 0 unspecified atom stereocenters. The molecule has 0 aliphatic rings. The summed E-state index contributed by atoms with van der Waals surface area (Å²) in [4.78, 5) is 11.3. The number of hydrogen-bond acceptors (Lipinski definition) is 4. The monoisotopic (exact) mass is 381 g/mol. The quantitative estimate of drug-likeness (QED) is 0.532. The Balaban J connectivity index is 2.23. The van der Waals surface area contributed by atoms with Crippen LogP contribution in [0.2, 0.25) is 10.0 Å². The molecule has 0 saturated heterocycles. The maximum atomic E-state index is 10.9. The first-order valence-electron chi connectivity index (χ1n) is 4.96. The number of benzene rings is 1. The molecule has 0 aliphatic heterocycles. The van der Waals surface area contributed by atoms with Crippen molar-refractivity contribution in [3.05, 3.63) is 53.1 Å². The highest BCUT2D eigenvalue weighted by atomic mass is 79.9. The van der Waals surface area contributed by atoms with Crippen LogP contribution < -0.4 is 4.74 Å². The molecule has 0 amide bonds. The van der Waals surface area contributed by atoms with E-state index in [1.54, 1.807) is 0 Å². The van der Waals surface area contributed by atoms with Crippen LogP contribution in [0.5, 0.6) is 5.75 Å². The molecule has 0 fully saturated rings. The number of nitro benzene ring substituents is 1. The van der Waals surface area contributed by atoms with E-state index in [-0.39, 0.29) is 28.1 Å². The van der Waals surface area contributed by atoms with Crippen LogP contribution in [0.4, 0.5) is 5.69 Å². The lowest BCUT2D eigenvalue weighted by Gasteiger charge is -2.06. The van der Waals surface area contributed by atoms with Gasteiger partial charge in [-0.1, -0.05) is 23.2 Å². The normalized spacial score (nSPS) is 10.5. The van der Waals surface area contributed by atoms with E-state index in [1.165, 1.54) is 23.5 Å². The van der Waals surface area contributed by atoms with Gasteiger partial charge in [0, 0.05) is 26.9 Å². The Kier molecular flexibility index (Phi) is 4.67. The lowest BCUT2D eigenvalue weighted by molar-refractivity contribution is -0.385. The van der Waals surface area contributed by atoms with Crippen molar-refractivity contribution < 1.29 is 9.66 Å². The molecule has 4 nitrogen and oxygen atoms in total. The number of thiophene rings is 1. The van der Waals surface area contributed by atoms with E-state index >= 15 is 0 Å². The van der Waals surface area contributed by atoms with Crippen molar-refractivity contribution in [2.75, 3.05) is 0 Å². The Morgan fingerprint density at radius 2 is 2.00 bits per heavy atom. The summed E-state index contributed by atoms with van der Waals surface area (Å²) in [7, 11) is 0. The van der Waals surface area contributed by atoms with Crippen LogP contribution in [0.25, 0.3) is 0 Å². The van der Waals surface area contributed by atoms with Gasteiger partial charge in [-0.3, -0.25) is 10.1 Å². The number of hydrogen-bond donors (Lipinski definition) is 0. The summed E-state index contributed by atoms with van der Waals surface area (Å²) >= 11 is 16.4. The molecular formula is C11H6BrCl2NO3S. The third kappa shape index (κ3) is 3.60. The largest absolute Gasteiger partial charge is 0.481 e. The van der Waals surface area contributed by atoms with Crippen molar-refractivity contribution in [2.24, 2.45) is 0 Å². The molecule has 1 aromatic carbocycles. The smallest absolute Gasteiger partial charge is 0.312 e. The molecule has 2 aromatic rings. The van der Waals surface area contributed by atoms with E-state index in [2.05, 4.69) is 15.9 Å². The molecule has 0 aliphatic carbocycles. The van der Waals surface area contributed by atoms with E-state index in [1.807, 2.05) is 11.4 Å². The van der Waals surface area contributed by atoms with Crippen molar-refractivity contribution in [3.63, 3.8) is 0 Å². The van der Waals surface area contributed by atoms with Gasteiger partial charge in [0.05, 0.1) is 15.0 Å². The second-order valence-corrected chi connectivity index (χ2v) is 6.24. The summed E-state index contributed by atoms with van der Waals surface area (Å²) in [6.07, 6.45) is 0. The van der Waals surface area contributed by atoms with E-state index < -0.39 is 4.92 Å². The minimum Gasteiger partial charge on any atom is -0.481 e. The molecule has 100 valence electrons. The Bertz CT molecular complexity index is 632. The maximum absolute atomic E-state index is 10.9. The summed E-state index contributed by atoms with van der Waals surface area (Å²) in [6.45, 7) is 0.231. The Hall–Kier alpha value is -0.820. The first kappa shape index (κ1) is 14.6. The van der Waals surface area contributed by atoms with E-state index in [0.717, 1.165) is 9.35 Å². The van der Waals surface area contributed by atoms with Gasteiger partial charge in [-0.15, -0.1) is 11.3 Å². The zero-order valence-electron chi connectivity index (χ0n) is 9.23. The van der Waals surface area contributed by atoms with Gasteiger partial charge < -0.3 is 4.74 Å². The lowest BCUT2D eigenvalue weighted by atomic mass is 10.3. The zero-order valence-corrected chi connectivity index (χ0v) is 13.1. The molecule has 0 saturated carbocycles. The zero-order chi connectivity index (χ0) is 14.0. The number of halogens is 3.